The zero-order chi connectivity index (χ0) is 15.6. The van der Waals surface area contributed by atoms with Gasteiger partial charge >= 0.3 is 12.4 Å². The molecule has 0 aromatic heterocycles. The van der Waals surface area contributed by atoms with Gasteiger partial charge in [-0.2, -0.15) is 26.3 Å². The first-order valence-electron chi connectivity index (χ1n) is 5.49. The van der Waals surface area contributed by atoms with Gasteiger partial charge in [0, 0.05) is 12.0 Å². The van der Waals surface area contributed by atoms with E-state index in [0.717, 1.165) is 24.3 Å². The van der Waals surface area contributed by atoms with E-state index in [0.29, 0.717) is 0 Å². The summed E-state index contributed by atoms with van der Waals surface area (Å²) >= 11 is 0. The highest BCUT2D eigenvalue weighted by molar-refractivity contribution is 5.95. The van der Waals surface area contributed by atoms with Gasteiger partial charge in [-0.1, -0.05) is 6.92 Å². The Morgan fingerprint density at radius 1 is 1.05 bits per heavy atom. The summed E-state index contributed by atoms with van der Waals surface area (Å²) in [6, 6.07) is 4.02. The minimum Gasteiger partial charge on any atom is -0.471 e. The van der Waals surface area contributed by atoms with Crippen LogP contribution in [0.15, 0.2) is 24.3 Å². The molecule has 0 saturated heterocycles. The second-order valence-corrected chi connectivity index (χ2v) is 3.88. The summed E-state index contributed by atoms with van der Waals surface area (Å²) in [7, 11) is 0. The molecule has 8 heteroatoms. The largest absolute Gasteiger partial charge is 0.471 e. The van der Waals surface area contributed by atoms with Gasteiger partial charge < -0.3 is 4.74 Å². The summed E-state index contributed by atoms with van der Waals surface area (Å²) in [6.07, 6.45) is -14.9. The molecule has 0 unspecified atom stereocenters. The van der Waals surface area contributed by atoms with Gasteiger partial charge in [-0.3, -0.25) is 4.79 Å². The van der Waals surface area contributed by atoms with Crippen molar-refractivity contribution in [2.45, 2.75) is 31.8 Å². The molecule has 0 atom stereocenters. The normalized spacial score (nSPS) is 12.6. The summed E-state index contributed by atoms with van der Waals surface area (Å²) < 4.78 is 77.5. The van der Waals surface area contributed by atoms with Gasteiger partial charge in [0.05, 0.1) is 0 Å². The molecule has 0 spiro atoms. The first-order chi connectivity index (χ1) is 9.05. The number of hydrogen-bond donors (Lipinski definition) is 0. The molecule has 1 aromatic rings. The highest BCUT2D eigenvalue weighted by Crippen LogP contribution is 2.36. The van der Waals surface area contributed by atoms with Crippen LogP contribution in [0, 0.1) is 0 Å². The molecule has 1 aromatic carbocycles. The molecular weight excluding hydrogens is 290 g/mol. The molecular formula is C12H10F6O2. The molecule has 0 saturated carbocycles. The quantitative estimate of drug-likeness (QED) is 0.617. The molecule has 0 aliphatic rings. The first kappa shape index (κ1) is 16.3. The molecule has 0 bridgehead atoms. The minimum absolute atomic E-state index is 0.175. The number of alkyl halides is 6. The van der Waals surface area contributed by atoms with E-state index in [4.69, 9.17) is 0 Å². The lowest BCUT2D eigenvalue weighted by Gasteiger charge is -2.23. The lowest BCUT2D eigenvalue weighted by atomic mass is 10.1. The van der Waals surface area contributed by atoms with Crippen molar-refractivity contribution in [3.8, 4) is 5.75 Å². The minimum atomic E-state index is -5.57. The van der Waals surface area contributed by atoms with Crippen LogP contribution in [0.5, 0.6) is 5.75 Å². The molecule has 0 heterocycles. The third-order valence-electron chi connectivity index (χ3n) is 2.35. The van der Waals surface area contributed by atoms with E-state index >= 15 is 0 Å². The fourth-order valence-electron chi connectivity index (χ4n) is 1.38. The number of carbonyl (C=O) groups excluding carboxylic acids is 1. The molecule has 0 radical (unpaired) electrons. The maximum absolute atomic E-state index is 12.3. The molecule has 0 aliphatic heterocycles. The van der Waals surface area contributed by atoms with Crippen LogP contribution in [0.4, 0.5) is 26.3 Å². The molecule has 20 heavy (non-hydrogen) atoms. The van der Waals surface area contributed by atoms with Crippen LogP contribution >= 0.6 is 0 Å². The second kappa shape index (κ2) is 5.72. The highest BCUT2D eigenvalue weighted by Gasteiger charge is 2.59. The molecule has 0 fully saturated rings. The number of halogens is 6. The Labute approximate surface area is 110 Å². The predicted molar refractivity (Wildman–Crippen MR) is 57.6 cm³/mol. The summed E-state index contributed by atoms with van der Waals surface area (Å²) in [6.45, 7) is 1.58. The Balaban J connectivity index is 2.93. The highest BCUT2D eigenvalue weighted by atomic mass is 19.4. The second-order valence-electron chi connectivity index (χ2n) is 3.88. The monoisotopic (exact) mass is 300 g/mol. The predicted octanol–water partition coefficient (Wildman–Crippen LogP) is 4.15. The Bertz CT molecular complexity index is 446. The Kier molecular flexibility index (Phi) is 4.67. The number of rotatable bonds is 4. The van der Waals surface area contributed by atoms with Crippen molar-refractivity contribution in [1.29, 1.82) is 0 Å². The van der Waals surface area contributed by atoms with E-state index in [9.17, 15) is 31.1 Å². The number of carbonyl (C=O) groups is 1. The fraction of sp³-hybridized carbons (Fsp3) is 0.417. The number of benzene rings is 1. The van der Waals surface area contributed by atoms with Gasteiger partial charge in [-0.25, -0.2) is 0 Å². The zero-order valence-electron chi connectivity index (χ0n) is 10.2. The number of Topliss-reactive ketones (excluding diaryl/α,β-unsaturated/α-hetero) is 1. The van der Waals surface area contributed by atoms with Crippen LogP contribution in [0.3, 0.4) is 0 Å². The Hall–Kier alpha value is -1.73. The van der Waals surface area contributed by atoms with Crippen molar-refractivity contribution >= 4 is 5.78 Å². The third kappa shape index (κ3) is 4.14. The smallest absolute Gasteiger partial charge is 0.434 e. The van der Waals surface area contributed by atoms with Crippen LogP contribution in [-0.4, -0.2) is 24.2 Å². The SMILES string of the molecule is CCC(=O)c1ccc(OC(C(F)(F)F)C(F)(F)F)cc1. The Morgan fingerprint density at radius 3 is 1.85 bits per heavy atom. The van der Waals surface area contributed by atoms with Crippen LogP contribution in [-0.2, 0) is 0 Å². The number of ether oxygens (including phenoxy) is 1. The standard InChI is InChI=1S/C12H10F6O2/c1-2-9(19)7-3-5-8(6-4-7)20-10(11(13,14)15)12(16,17)18/h3-6,10H,2H2,1H3. The summed E-state index contributed by atoms with van der Waals surface area (Å²) in [5.41, 5.74) is 0.190. The van der Waals surface area contributed by atoms with Gasteiger partial charge in [-0.05, 0) is 24.3 Å². The summed E-state index contributed by atoms with van der Waals surface area (Å²) in [4.78, 5) is 11.3. The van der Waals surface area contributed by atoms with Crippen LogP contribution in [0.25, 0.3) is 0 Å². The summed E-state index contributed by atoms with van der Waals surface area (Å²) in [5.74, 6) is -0.892. The first-order valence-corrected chi connectivity index (χ1v) is 5.49. The number of ketones is 1. The average Bonchev–Trinajstić information content (AvgIpc) is 2.33. The van der Waals surface area contributed by atoms with E-state index in [1.807, 2.05) is 0 Å². The van der Waals surface area contributed by atoms with Gasteiger partial charge in [-0.15, -0.1) is 0 Å². The van der Waals surface area contributed by atoms with Crippen LogP contribution in [0.1, 0.15) is 23.7 Å². The average molecular weight is 300 g/mol. The molecule has 0 aliphatic carbocycles. The van der Waals surface area contributed by atoms with Gasteiger partial charge in [0.1, 0.15) is 5.75 Å². The van der Waals surface area contributed by atoms with Gasteiger partial charge in [0.15, 0.2) is 5.78 Å². The van der Waals surface area contributed by atoms with Gasteiger partial charge in [0.25, 0.3) is 6.10 Å². The van der Waals surface area contributed by atoms with Gasteiger partial charge in [0.2, 0.25) is 0 Å². The topological polar surface area (TPSA) is 26.3 Å². The fourth-order valence-corrected chi connectivity index (χ4v) is 1.38. The molecule has 0 amide bonds. The maximum Gasteiger partial charge on any atom is 0.434 e. The van der Waals surface area contributed by atoms with Crippen LogP contribution < -0.4 is 4.74 Å². The van der Waals surface area contributed by atoms with E-state index in [2.05, 4.69) is 4.74 Å². The van der Waals surface area contributed by atoms with E-state index in [-0.39, 0.29) is 17.8 Å². The molecule has 112 valence electrons. The van der Waals surface area contributed by atoms with Crippen LogP contribution in [0.2, 0.25) is 0 Å². The summed E-state index contributed by atoms with van der Waals surface area (Å²) in [5, 5.41) is 0. The van der Waals surface area contributed by atoms with E-state index in [1.54, 1.807) is 6.92 Å². The third-order valence-corrected chi connectivity index (χ3v) is 2.35. The zero-order valence-corrected chi connectivity index (χ0v) is 10.2. The van der Waals surface area contributed by atoms with Crippen molar-refractivity contribution < 1.29 is 35.9 Å². The van der Waals surface area contributed by atoms with Crippen molar-refractivity contribution in [2.75, 3.05) is 0 Å². The lowest BCUT2D eigenvalue weighted by molar-refractivity contribution is -0.299. The Morgan fingerprint density at radius 2 is 1.50 bits per heavy atom. The maximum atomic E-state index is 12.3. The molecule has 1 rings (SSSR count). The number of hydrogen-bond acceptors (Lipinski definition) is 2. The molecule has 0 N–H and O–H groups in total. The molecule has 2 nitrogen and oxygen atoms in total. The van der Waals surface area contributed by atoms with Crippen molar-refractivity contribution in [1.82, 2.24) is 0 Å². The lowest BCUT2D eigenvalue weighted by Crippen LogP contribution is -2.46. The van der Waals surface area contributed by atoms with Crippen molar-refractivity contribution in [2.24, 2.45) is 0 Å². The van der Waals surface area contributed by atoms with Crippen molar-refractivity contribution in [3.05, 3.63) is 29.8 Å². The van der Waals surface area contributed by atoms with Crippen molar-refractivity contribution in [3.63, 3.8) is 0 Å². The van der Waals surface area contributed by atoms with E-state index in [1.165, 1.54) is 0 Å². The van der Waals surface area contributed by atoms with E-state index < -0.39 is 24.2 Å².